The largest absolute Gasteiger partial charge is 0.573 e. The molecule has 8 heteroatoms. The Balaban J connectivity index is 0.00000400. The van der Waals surface area contributed by atoms with E-state index >= 15 is 0 Å². The second-order valence-corrected chi connectivity index (χ2v) is 4.59. The molecule has 21 heavy (non-hydrogen) atoms. The molecule has 4 nitrogen and oxygen atoms in total. The molecule has 0 aliphatic heterocycles. The van der Waals surface area contributed by atoms with Crippen molar-refractivity contribution in [2.45, 2.75) is 38.7 Å². The highest BCUT2D eigenvalue weighted by Crippen LogP contribution is 2.25. The number of nitrogens with one attached hydrogen (secondary N) is 1. The zero-order chi connectivity index (χ0) is 15.3. The molecule has 120 valence electrons. The van der Waals surface area contributed by atoms with E-state index in [1.54, 1.807) is 19.9 Å². The van der Waals surface area contributed by atoms with Gasteiger partial charge in [-0.15, -0.1) is 25.6 Å². The summed E-state index contributed by atoms with van der Waals surface area (Å²) < 4.78 is 40.2. The van der Waals surface area contributed by atoms with E-state index in [0.717, 1.165) is 0 Å². The van der Waals surface area contributed by atoms with Crippen LogP contribution in [0.4, 0.5) is 13.2 Å². The molecule has 0 radical (unpaired) electrons. The first-order valence-electron chi connectivity index (χ1n) is 6.08. The average molecular weight is 327 g/mol. The van der Waals surface area contributed by atoms with Crippen molar-refractivity contribution < 1.29 is 22.7 Å². The van der Waals surface area contributed by atoms with Crippen LogP contribution in [0.1, 0.15) is 31.9 Å². The molecule has 0 spiro atoms. The Labute approximate surface area is 127 Å². The van der Waals surface area contributed by atoms with Crippen LogP contribution in [0.3, 0.4) is 0 Å². The fraction of sp³-hybridized carbons (Fsp3) is 0.462. The van der Waals surface area contributed by atoms with Crippen LogP contribution in [-0.4, -0.2) is 18.3 Å². The van der Waals surface area contributed by atoms with E-state index in [0.29, 0.717) is 5.56 Å². The molecule has 2 atom stereocenters. The predicted molar refractivity (Wildman–Crippen MR) is 75.2 cm³/mol. The topological polar surface area (TPSA) is 64.4 Å². The fourth-order valence-corrected chi connectivity index (χ4v) is 1.66. The molecular formula is C13H18ClF3N2O2. The van der Waals surface area contributed by atoms with Crippen LogP contribution in [-0.2, 0) is 4.79 Å². The molecule has 2 unspecified atom stereocenters. The normalized spacial score (nSPS) is 13.8. The van der Waals surface area contributed by atoms with Crippen molar-refractivity contribution in [3.05, 3.63) is 29.8 Å². The first kappa shape index (κ1) is 19.5. The van der Waals surface area contributed by atoms with Crippen LogP contribution in [0.25, 0.3) is 0 Å². The number of ether oxygens (including phenoxy) is 1. The standard InChI is InChI=1S/C13H17F3N2O2.ClH/c1-8(17)6-12(19)18-9(2)10-4-3-5-11(7-10)20-13(14,15)16;/h3-5,7-9H,6,17H2,1-2H3,(H,18,19);1H. The van der Waals surface area contributed by atoms with Gasteiger partial charge in [0.25, 0.3) is 0 Å². The summed E-state index contributed by atoms with van der Waals surface area (Å²) in [5.41, 5.74) is 6.01. The first-order valence-corrected chi connectivity index (χ1v) is 6.08. The summed E-state index contributed by atoms with van der Waals surface area (Å²) in [5, 5.41) is 2.66. The minimum Gasteiger partial charge on any atom is -0.406 e. The minimum absolute atomic E-state index is 0. The van der Waals surface area contributed by atoms with Gasteiger partial charge in [0, 0.05) is 12.5 Å². The Kier molecular flexibility index (Phi) is 7.52. The van der Waals surface area contributed by atoms with E-state index in [9.17, 15) is 18.0 Å². The van der Waals surface area contributed by atoms with Crippen molar-refractivity contribution >= 4 is 18.3 Å². The molecule has 3 N–H and O–H groups in total. The molecule has 0 saturated carbocycles. The fourth-order valence-electron chi connectivity index (χ4n) is 1.66. The number of hydrogen-bond donors (Lipinski definition) is 2. The van der Waals surface area contributed by atoms with E-state index in [2.05, 4.69) is 10.1 Å². The third kappa shape index (κ3) is 7.77. The number of halogens is 4. The lowest BCUT2D eigenvalue weighted by Gasteiger charge is -2.16. The molecule has 0 aliphatic carbocycles. The molecule has 1 aromatic carbocycles. The quantitative estimate of drug-likeness (QED) is 0.874. The summed E-state index contributed by atoms with van der Waals surface area (Å²) in [6, 6.07) is 4.78. The Hall–Kier alpha value is -1.47. The lowest BCUT2D eigenvalue weighted by Crippen LogP contribution is -2.31. The number of rotatable bonds is 5. The lowest BCUT2D eigenvalue weighted by molar-refractivity contribution is -0.274. The number of nitrogens with two attached hydrogens (primary N) is 1. The molecule has 1 aromatic rings. The van der Waals surface area contributed by atoms with Crippen molar-refractivity contribution in [2.75, 3.05) is 0 Å². The Bertz CT molecular complexity index is 467. The minimum atomic E-state index is -4.74. The van der Waals surface area contributed by atoms with Crippen molar-refractivity contribution in [1.29, 1.82) is 0 Å². The highest BCUT2D eigenvalue weighted by atomic mass is 35.5. The highest BCUT2D eigenvalue weighted by Gasteiger charge is 2.31. The van der Waals surface area contributed by atoms with Gasteiger partial charge in [0.2, 0.25) is 5.91 Å². The maximum atomic E-state index is 12.1. The number of amides is 1. The maximum Gasteiger partial charge on any atom is 0.573 e. The van der Waals surface area contributed by atoms with Gasteiger partial charge in [-0.3, -0.25) is 4.79 Å². The van der Waals surface area contributed by atoms with Gasteiger partial charge in [0.15, 0.2) is 0 Å². The Morgan fingerprint density at radius 3 is 2.52 bits per heavy atom. The highest BCUT2D eigenvalue weighted by molar-refractivity contribution is 5.85. The molecular weight excluding hydrogens is 309 g/mol. The second kappa shape index (κ2) is 8.09. The Morgan fingerprint density at radius 2 is 2.00 bits per heavy atom. The van der Waals surface area contributed by atoms with Gasteiger partial charge in [-0.1, -0.05) is 12.1 Å². The molecule has 0 aromatic heterocycles. The number of hydrogen-bond acceptors (Lipinski definition) is 3. The summed E-state index contributed by atoms with van der Waals surface area (Å²) >= 11 is 0. The van der Waals surface area contributed by atoms with Crippen LogP contribution in [0.2, 0.25) is 0 Å². The third-order valence-corrected chi connectivity index (χ3v) is 2.48. The van der Waals surface area contributed by atoms with Crippen LogP contribution in [0.5, 0.6) is 5.75 Å². The molecule has 1 rings (SSSR count). The van der Waals surface area contributed by atoms with E-state index in [1.807, 2.05) is 0 Å². The van der Waals surface area contributed by atoms with E-state index < -0.39 is 12.4 Å². The van der Waals surface area contributed by atoms with Gasteiger partial charge in [-0.2, -0.15) is 0 Å². The smallest absolute Gasteiger partial charge is 0.406 e. The van der Waals surface area contributed by atoms with Crippen molar-refractivity contribution in [3.8, 4) is 5.75 Å². The molecule has 0 bridgehead atoms. The van der Waals surface area contributed by atoms with E-state index in [-0.39, 0.29) is 36.5 Å². The summed E-state index contributed by atoms with van der Waals surface area (Å²) in [4.78, 5) is 11.5. The molecule has 0 aliphatic rings. The summed E-state index contributed by atoms with van der Waals surface area (Å²) in [5.74, 6) is -0.571. The number of alkyl halides is 3. The van der Waals surface area contributed by atoms with E-state index in [4.69, 9.17) is 5.73 Å². The zero-order valence-corrected chi connectivity index (χ0v) is 12.4. The van der Waals surface area contributed by atoms with Crippen LogP contribution in [0.15, 0.2) is 24.3 Å². The summed E-state index contributed by atoms with van der Waals surface area (Å²) in [6.45, 7) is 3.37. The van der Waals surface area contributed by atoms with Gasteiger partial charge in [0.1, 0.15) is 5.75 Å². The van der Waals surface area contributed by atoms with Crippen molar-refractivity contribution in [1.82, 2.24) is 5.32 Å². The summed E-state index contributed by atoms with van der Waals surface area (Å²) in [6.07, 6.45) is -4.58. The monoisotopic (exact) mass is 326 g/mol. The van der Waals surface area contributed by atoms with Gasteiger partial charge in [0.05, 0.1) is 6.04 Å². The average Bonchev–Trinajstić information content (AvgIpc) is 2.25. The van der Waals surface area contributed by atoms with Crippen molar-refractivity contribution in [2.24, 2.45) is 5.73 Å². The SMILES string of the molecule is CC(N)CC(=O)NC(C)c1cccc(OC(F)(F)F)c1.Cl. The molecule has 0 heterocycles. The Morgan fingerprint density at radius 1 is 1.38 bits per heavy atom. The van der Waals surface area contributed by atoms with Crippen LogP contribution in [0, 0.1) is 0 Å². The number of benzene rings is 1. The first-order chi connectivity index (χ1) is 9.17. The molecule has 0 fully saturated rings. The lowest BCUT2D eigenvalue weighted by atomic mass is 10.1. The second-order valence-electron chi connectivity index (χ2n) is 4.59. The van der Waals surface area contributed by atoms with Gasteiger partial charge < -0.3 is 15.8 Å². The van der Waals surface area contributed by atoms with Gasteiger partial charge in [-0.05, 0) is 31.5 Å². The van der Waals surface area contributed by atoms with Gasteiger partial charge >= 0.3 is 6.36 Å². The maximum absolute atomic E-state index is 12.1. The van der Waals surface area contributed by atoms with Crippen molar-refractivity contribution in [3.63, 3.8) is 0 Å². The predicted octanol–water partition coefficient (Wildman–Crippen LogP) is 2.92. The van der Waals surface area contributed by atoms with Gasteiger partial charge in [-0.25, -0.2) is 0 Å². The third-order valence-electron chi connectivity index (χ3n) is 2.48. The van der Waals surface area contributed by atoms with Crippen LogP contribution >= 0.6 is 12.4 Å². The zero-order valence-electron chi connectivity index (χ0n) is 11.6. The number of carbonyl (C=O) groups is 1. The van der Waals surface area contributed by atoms with Crippen LogP contribution < -0.4 is 15.8 Å². The van der Waals surface area contributed by atoms with E-state index in [1.165, 1.54) is 18.2 Å². The summed E-state index contributed by atoms with van der Waals surface area (Å²) in [7, 11) is 0. The number of carbonyl (C=O) groups excluding carboxylic acids is 1. The molecule has 0 saturated heterocycles. The molecule has 1 amide bonds.